The van der Waals surface area contributed by atoms with Gasteiger partial charge in [-0.1, -0.05) is 12.1 Å². The fraction of sp³-hybridized carbons (Fsp3) is 0.348. The van der Waals surface area contributed by atoms with Crippen molar-refractivity contribution in [3.05, 3.63) is 65.4 Å². The number of nitrogens with zero attached hydrogens (tertiary/aromatic N) is 2. The highest BCUT2D eigenvalue weighted by atomic mass is 19.1. The molecule has 2 amide bonds. The Bertz CT molecular complexity index is 1200. The highest BCUT2D eigenvalue weighted by molar-refractivity contribution is 5.94. The molecule has 31 heavy (non-hydrogen) atoms. The molecular weight excluding hydrogens is 399 g/mol. The first kappa shape index (κ1) is 19.5. The number of imidazole rings is 1. The lowest BCUT2D eigenvalue weighted by molar-refractivity contribution is -0.141. The van der Waals surface area contributed by atoms with Gasteiger partial charge < -0.3 is 19.8 Å². The summed E-state index contributed by atoms with van der Waals surface area (Å²) in [6.07, 6.45) is 5.71. The summed E-state index contributed by atoms with van der Waals surface area (Å²) in [6.45, 7) is 3.47. The predicted molar refractivity (Wildman–Crippen MR) is 111 cm³/mol. The summed E-state index contributed by atoms with van der Waals surface area (Å²) in [5, 5.41) is 6.07. The Labute approximate surface area is 178 Å². The summed E-state index contributed by atoms with van der Waals surface area (Å²) in [6, 6.07) is 8.36. The fourth-order valence-electron chi connectivity index (χ4n) is 4.71. The Kier molecular flexibility index (Phi) is 4.28. The molecule has 1 aromatic carbocycles. The van der Waals surface area contributed by atoms with Crippen LogP contribution in [0, 0.1) is 19.7 Å². The second-order valence-electron chi connectivity index (χ2n) is 8.89. The third-order valence-corrected chi connectivity index (χ3v) is 6.16. The maximum absolute atomic E-state index is 13.6. The number of halogens is 1. The van der Waals surface area contributed by atoms with Crippen molar-refractivity contribution in [2.45, 2.75) is 44.2 Å². The number of pyridine rings is 1. The van der Waals surface area contributed by atoms with Crippen molar-refractivity contribution >= 4 is 17.5 Å². The van der Waals surface area contributed by atoms with Crippen LogP contribution in [0.25, 0.3) is 5.65 Å². The van der Waals surface area contributed by atoms with E-state index in [0.29, 0.717) is 36.3 Å². The molecule has 0 radical (unpaired) electrons. The van der Waals surface area contributed by atoms with E-state index in [1.165, 1.54) is 6.07 Å². The van der Waals surface area contributed by atoms with E-state index in [1.54, 1.807) is 25.3 Å². The van der Waals surface area contributed by atoms with Crippen LogP contribution < -0.4 is 15.4 Å². The number of amides is 2. The van der Waals surface area contributed by atoms with Crippen molar-refractivity contribution in [2.24, 2.45) is 0 Å². The number of fused-ring (bicyclic) bond motifs is 1. The Morgan fingerprint density at radius 1 is 1.10 bits per heavy atom. The van der Waals surface area contributed by atoms with Gasteiger partial charge in [-0.25, -0.2) is 9.37 Å². The lowest BCUT2D eigenvalue weighted by atomic mass is 9.44. The molecule has 0 unspecified atom stereocenters. The highest BCUT2D eigenvalue weighted by Crippen LogP contribution is 2.60. The molecular formula is C23H23FN4O3. The van der Waals surface area contributed by atoms with E-state index in [0.717, 1.165) is 11.2 Å². The summed E-state index contributed by atoms with van der Waals surface area (Å²) in [7, 11) is 0. The van der Waals surface area contributed by atoms with Gasteiger partial charge in [0.1, 0.15) is 22.9 Å². The van der Waals surface area contributed by atoms with Gasteiger partial charge in [0.2, 0.25) is 0 Å². The molecule has 2 N–H and O–H groups in total. The summed E-state index contributed by atoms with van der Waals surface area (Å²) in [4.78, 5) is 29.3. The number of benzene rings is 1. The lowest BCUT2D eigenvalue weighted by Crippen LogP contribution is -2.84. The molecule has 3 aliphatic rings. The van der Waals surface area contributed by atoms with Gasteiger partial charge in [0.25, 0.3) is 11.8 Å². The van der Waals surface area contributed by atoms with Crippen molar-refractivity contribution in [3.63, 3.8) is 0 Å². The molecule has 6 rings (SSSR count). The fourth-order valence-corrected chi connectivity index (χ4v) is 4.71. The first-order chi connectivity index (χ1) is 14.7. The SMILES string of the molecule is Cc1ccc2nc(C(=O)NC34CC(NC(=O)COc5ccc(C)c(F)c5)(C3)C4)cn2c1. The standard InChI is InChI=1S/C23H23FN4O3/c1-14-3-6-19-25-18(9-28(19)8-14)21(30)27-23-11-22(12-23,13-23)26-20(29)10-31-16-5-4-15(2)17(24)7-16/h3-9H,10-13H2,1-2H3,(H,26,29)(H,27,30). The third-order valence-electron chi connectivity index (χ3n) is 6.16. The zero-order chi connectivity index (χ0) is 21.8. The molecule has 2 bridgehead atoms. The summed E-state index contributed by atoms with van der Waals surface area (Å²) in [5.74, 6) is -0.500. The molecule has 0 spiro atoms. The minimum absolute atomic E-state index is 0.176. The Hall–Kier alpha value is -3.42. The summed E-state index contributed by atoms with van der Waals surface area (Å²) in [5.41, 5.74) is 2.15. The van der Waals surface area contributed by atoms with E-state index in [-0.39, 0.29) is 35.3 Å². The van der Waals surface area contributed by atoms with E-state index < -0.39 is 0 Å². The van der Waals surface area contributed by atoms with Crippen LogP contribution in [0.1, 0.15) is 40.9 Å². The number of carbonyl (C=O) groups excluding carboxylic acids is 2. The van der Waals surface area contributed by atoms with Crippen molar-refractivity contribution in [1.82, 2.24) is 20.0 Å². The quantitative estimate of drug-likeness (QED) is 0.640. The maximum atomic E-state index is 13.6. The van der Waals surface area contributed by atoms with Crippen LogP contribution in [-0.2, 0) is 4.79 Å². The predicted octanol–water partition coefficient (Wildman–Crippen LogP) is 2.69. The molecule has 8 heteroatoms. The monoisotopic (exact) mass is 422 g/mol. The molecule has 0 aliphatic heterocycles. The zero-order valence-corrected chi connectivity index (χ0v) is 17.4. The van der Waals surface area contributed by atoms with Gasteiger partial charge in [-0.2, -0.15) is 0 Å². The third kappa shape index (κ3) is 3.52. The topological polar surface area (TPSA) is 84.7 Å². The smallest absolute Gasteiger partial charge is 0.271 e. The normalized spacial score (nSPS) is 23.6. The van der Waals surface area contributed by atoms with Crippen LogP contribution in [0.3, 0.4) is 0 Å². The average Bonchev–Trinajstić information content (AvgIpc) is 3.09. The molecule has 7 nitrogen and oxygen atoms in total. The molecule has 3 fully saturated rings. The van der Waals surface area contributed by atoms with Crippen molar-refractivity contribution < 1.29 is 18.7 Å². The van der Waals surface area contributed by atoms with Crippen LogP contribution >= 0.6 is 0 Å². The number of hydrogen-bond acceptors (Lipinski definition) is 4. The summed E-state index contributed by atoms with van der Waals surface area (Å²) < 4.78 is 20.8. The number of carbonyl (C=O) groups is 2. The van der Waals surface area contributed by atoms with Gasteiger partial charge in [-0.3, -0.25) is 9.59 Å². The van der Waals surface area contributed by atoms with E-state index in [1.807, 2.05) is 29.7 Å². The molecule has 2 aromatic heterocycles. The maximum Gasteiger partial charge on any atom is 0.271 e. The number of hydrogen-bond donors (Lipinski definition) is 2. The molecule has 3 saturated carbocycles. The molecule has 160 valence electrons. The zero-order valence-electron chi connectivity index (χ0n) is 17.4. The molecule has 2 heterocycles. The number of aryl methyl sites for hydroxylation is 2. The van der Waals surface area contributed by atoms with Crippen molar-refractivity contribution in [1.29, 1.82) is 0 Å². The molecule has 0 atom stereocenters. The summed E-state index contributed by atoms with van der Waals surface area (Å²) >= 11 is 0. The van der Waals surface area contributed by atoms with Gasteiger partial charge in [-0.05, 0) is 56.4 Å². The van der Waals surface area contributed by atoms with E-state index in [9.17, 15) is 14.0 Å². The van der Waals surface area contributed by atoms with E-state index >= 15 is 0 Å². The second kappa shape index (κ2) is 6.80. The first-order valence-electron chi connectivity index (χ1n) is 10.2. The van der Waals surface area contributed by atoms with Gasteiger partial charge in [-0.15, -0.1) is 0 Å². The van der Waals surface area contributed by atoms with E-state index in [2.05, 4.69) is 15.6 Å². The van der Waals surface area contributed by atoms with Crippen LogP contribution in [-0.4, -0.2) is 38.9 Å². The Morgan fingerprint density at radius 2 is 1.84 bits per heavy atom. The average molecular weight is 422 g/mol. The number of rotatable bonds is 6. The minimum atomic E-state index is -0.365. The highest BCUT2D eigenvalue weighted by Gasteiger charge is 2.69. The van der Waals surface area contributed by atoms with Crippen molar-refractivity contribution in [2.75, 3.05) is 6.61 Å². The Balaban J connectivity index is 1.12. The van der Waals surface area contributed by atoms with Crippen LogP contribution in [0.5, 0.6) is 5.75 Å². The molecule has 3 aliphatic carbocycles. The lowest BCUT2D eigenvalue weighted by Gasteiger charge is -2.70. The van der Waals surface area contributed by atoms with Gasteiger partial charge in [0.15, 0.2) is 6.61 Å². The van der Waals surface area contributed by atoms with Crippen LogP contribution in [0.4, 0.5) is 4.39 Å². The van der Waals surface area contributed by atoms with E-state index in [4.69, 9.17) is 4.74 Å². The first-order valence-corrected chi connectivity index (χ1v) is 10.2. The minimum Gasteiger partial charge on any atom is -0.484 e. The van der Waals surface area contributed by atoms with Crippen molar-refractivity contribution in [3.8, 4) is 5.75 Å². The van der Waals surface area contributed by atoms with Crippen LogP contribution in [0.2, 0.25) is 0 Å². The number of ether oxygens (including phenoxy) is 1. The van der Waals surface area contributed by atoms with Gasteiger partial charge in [0.05, 0.1) is 0 Å². The second-order valence-corrected chi connectivity index (χ2v) is 8.89. The molecule has 3 aromatic rings. The van der Waals surface area contributed by atoms with Gasteiger partial charge in [0, 0.05) is 29.5 Å². The number of nitrogens with one attached hydrogen (secondary N) is 2. The van der Waals surface area contributed by atoms with Gasteiger partial charge >= 0.3 is 0 Å². The largest absolute Gasteiger partial charge is 0.484 e. The Morgan fingerprint density at radius 3 is 2.58 bits per heavy atom. The van der Waals surface area contributed by atoms with Crippen LogP contribution in [0.15, 0.2) is 42.7 Å². The number of aromatic nitrogens is 2. The molecule has 0 saturated heterocycles.